The molecule has 178 valence electrons. The van der Waals surface area contributed by atoms with Crippen LogP contribution in [0.2, 0.25) is 0 Å². The number of rotatable bonds is 6. The number of anilines is 4. The Morgan fingerprint density at radius 2 is 1.85 bits per heavy atom. The molecular weight excluding hydrogens is 426 g/mol. The van der Waals surface area contributed by atoms with Gasteiger partial charge in [0, 0.05) is 30.5 Å². The van der Waals surface area contributed by atoms with Gasteiger partial charge in [-0.25, -0.2) is 0 Å². The number of aromatic nitrogens is 3. The van der Waals surface area contributed by atoms with Gasteiger partial charge in [-0.2, -0.15) is 4.98 Å². The van der Waals surface area contributed by atoms with E-state index < -0.39 is 5.91 Å². The fourth-order valence-electron chi connectivity index (χ4n) is 4.14. The van der Waals surface area contributed by atoms with Crippen LogP contribution in [0.25, 0.3) is 0 Å². The van der Waals surface area contributed by atoms with Crippen molar-refractivity contribution >= 4 is 29.0 Å². The molecule has 8 nitrogen and oxygen atoms in total. The van der Waals surface area contributed by atoms with Crippen molar-refractivity contribution in [3.05, 3.63) is 65.4 Å². The van der Waals surface area contributed by atoms with Crippen LogP contribution in [0.1, 0.15) is 55.2 Å². The summed E-state index contributed by atoms with van der Waals surface area (Å²) < 4.78 is 0. The Morgan fingerprint density at radius 3 is 2.53 bits per heavy atom. The topological polar surface area (TPSA) is 109 Å². The first-order chi connectivity index (χ1) is 16.2. The largest absolute Gasteiger partial charge is 0.381 e. The lowest BCUT2D eigenvalue weighted by Gasteiger charge is -2.33. The second kappa shape index (κ2) is 9.67. The number of nitrogens with one attached hydrogen (secondary N) is 2. The van der Waals surface area contributed by atoms with E-state index in [1.165, 1.54) is 5.56 Å². The molecule has 3 aromatic rings. The normalized spacial score (nSPS) is 16.2. The number of carbonyl (C=O) groups is 1. The van der Waals surface area contributed by atoms with E-state index in [-0.39, 0.29) is 17.2 Å². The molecule has 1 atom stereocenters. The van der Waals surface area contributed by atoms with Gasteiger partial charge in [-0.3, -0.25) is 4.79 Å². The fourth-order valence-corrected chi connectivity index (χ4v) is 4.14. The van der Waals surface area contributed by atoms with E-state index in [4.69, 9.17) is 5.73 Å². The van der Waals surface area contributed by atoms with Gasteiger partial charge in [-0.05, 0) is 60.6 Å². The molecule has 2 heterocycles. The van der Waals surface area contributed by atoms with Gasteiger partial charge < -0.3 is 21.3 Å². The first kappa shape index (κ1) is 23.5. The Labute approximate surface area is 201 Å². The molecule has 4 N–H and O–H groups in total. The zero-order chi connectivity index (χ0) is 24.3. The van der Waals surface area contributed by atoms with Gasteiger partial charge in [0.2, 0.25) is 5.95 Å². The van der Waals surface area contributed by atoms with Gasteiger partial charge in [0.05, 0.1) is 0 Å². The lowest BCUT2D eigenvalue weighted by molar-refractivity contribution is 0.0995. The second-order valence-corrected chi connectivity index (χ2v) is 9.92. The molecule has 1 fully saturated rings. The van der Waals surface area contributed by atoms with Crippen LogP contribution < -0.4 is 21.3 Å². The van der Waals surface area contributed by atoms with Gasteiger partial charge in [0.15, 0.2) is 11.5 Å². The molecule has 1 unspecified atom stereocenters. The monoisotopic (exact) mass is 459 g/mol. The summed E-state index contributed by atoms with van der Waals surface area (Å²) >= 11 is 0. The van der Waals surface area contributed by atoms with Gasteiger partial charge in [0.1, 0.15) is 0 Å². The highest BCUT2D eigenvalue weighted by Crippen LogP contribution is 2.26. The highest BCUT2D eigenvalue weighted by Gasteiger charge is 2.24. The summed E-state index contributed by atoms with van der Waals surface area (Å²) in [5.41, 5.74) is 10.00. The minimum Gasteiger partial charge on any atom is -0.381 e. The molecule has 2 aromatic carbocycles. The molecule has 1 aromatic heterocycles. The third kappa shape index (κ3) is 5.62. The van der Waals surface area contributed by atoms with Crippen molar-refractivity contribution < 1.29 is 4.79 Å². The molecule has 0 radical (unpaired) electrons. The maximum atomic E-state index is 11.9. The first-order valence-electron chi connectivity index (χ1n) is 11.7. The van der Waals surface area contributed by atoms with Crippen LogP contribution in [0.4, 0.5) is 23.1 Å². The van der Waals surface area contributed by atoms with Gasteiger partial charge >= 0.3 is 0 Å². The van der Waals surface area contributed by atoms with Crippen molar-refractivity contribution in [2.45, 2.75) is 52.0 Å². The predicted octanol–water partition coefficient (Wildman–Crippen LogP) is 4.40. The number of hydrogen-bond donors (Lipinski definition) is 3. The number of hydrogen-bond acceptors (Lipinski definition) is 7. The zero-order valence-electron chi connectivity index (χ0n) is 20.3. The maximum Gasteiger partial charge on any atom is 0.273 e. The molecule has 34 heavy (non-hydrogen) atoms. The Balaban J connectivity index is 1.50. The number of benzene rings is 2. The average molecular weight is 460 g/mol. The van der Waals surface area contributed by atoms with Crippen molar-refractivity contribution in [2.75, 3.05) is 28.6 Å². The van der Waals surface area contributed by atoms with Crippen LogP contribution in [-0.2, 0) is 5.41 Å². The molecular formula is C26H33N7O. The van der Waals surface area contributed by atoms with E-state index in [1.54, 1.807) is 0 Å². The van der Waals surface area contributed by atoms with E-state index in [0.717, 1.165) is 42.9 Å². The number of nitrogens with two attached hydrogens (primary N) is 1. The van der Waals surface area contributed by atoms with E-state index in [0.29, 0.717) is 11.8 Å². The Morgan fingerprint density at radius 1 is 1.09 bits per heavy atom. The van der Waals surface area contributed by atoms with Crippen LogP contribution in [0.15, 0.2) is 48.5 Å². The predicted molar refractivity (Wildman–Crippen MR) is 137 cm³/mol. The SMILES string of the molecule is Cc1cccc(Nc2nc(N3CCCC(Nc4ccc(C(C)(C)C)cc4)C3)nnc2C(N)=O)c1. The van der Waals surface area contributed by atoms with Crippen LogP contribution in [0.3, 0.4) is 0 Å². The van der Waals surface area contributed by atoms with Crippen molar-refractivity contribution in [3.63, 3.8) is 0 Å². The summed E-state index contributed by atoms with van der Waals surface area (Å²) in [6, 6.07) is 16.7. The number of amides is 1. The molecule has 8 heteroatoms. The third-order valence-corrected chi connectivity index (χ3v) is 6.02. The molecule has 4 rings (SSSR count). The van der Waals surface area contributed by atoms with Crippen molar-refractivity contribution in [1.82, 2.24) is 15.2 Å². The van der Waals surface area contributed by atoms with Gasteiger partial charge in [-0.15, -0.1) is 10.2 Å². The molecule has 1 aliphatic rings. The summed E-state index contributed by atoms with van der Waals surface area (Å²) in [4.78, 5) is 18.7. The summed E-state index contributed by atoms with van der Waals surface area (Å²) in [5, 5.41) is 15.1. The second-order valence-electron chi connectivity index (χ2n) is 9.92. The quantitative estimate of drug-likeness (QED) is 0.501. The van der Waals surface area contributed by atoms with E-state index >= 15 is 0 Å². The summed E-state index contributed by atoms with van der Waals surface area (Å²) in [5.74, 6) is 0.129. The van der Waals surface area contributed by atoms with Crippen LogP contribution in [0, 0.1) is 6.92 Å². The fraction of sp³-hybridized carbons (Fsp3) is 0.385. The molecule has 0 spiro atoms. The highest BCUT2D eigenvalue weighted by molar-refractivity contribution is 5.96. The number of carbonyl (C=O) groups excluding carboxylic acids is 1. The van der Waals surface area contributed by atoms with Crippen molar-refractivity contribution in [3.8, 4) is 0 Å². The van der Waals surface area contributed by atoms with Crippen LogP contribution in [-0.4, -0.2) is 40.2 Å². The smallest absolute Gasteiger partial charge is 0.273 e. The van der Waals surface area contributed by atoms with E-state index in [9.17, 15) is 4.79 Å². The third-order valence-electron chi connectivity index (χ3n) is 6.02. The molecule has 0 aliphatic carbocycles. The summed E-state index contributed by atoms with van der Waals surface area (Å²) in [6.45, 7) is 10.2. The highest BCUT2D eigenvalue weighted by atomic mass is 16.1. The average Bonchev–Trinajstić information content (AvgIpc) is 2.79. The minimum absolute atomic E-state index is 0.0240. The zero-order valence-corrected chi connectivity index (χ0v) is 20.3. The minimum atomic E-state index is -0.668. The number of nitrogens with zero attached hydrogens (tertiary/aromatic N) is 4. The lowest BCUT2D eigenvalue weighted by atomic mass is 9.87. The Hall–Kier alpha value is -3.68. The lowest BCUT2D eigenvalue weighted by Crippen LogP contribution is -2.43. The molecule has 1 saturated heterocycles. The number of aryl methyl sites for hydroxylation is 1. The molecule has 0 saturated carbocycles. The molecule has 0 bridgehead atoms. The van der Waals surface area contributed by atoms with Gasteiger partial charge in [-0.1, -0.05) is 45.0 Å². The van der Waals surface area contributed by atoms with Crippen molar-refractivity contribution in [1.29, 1.82) is 0 Å². The van der Waals surface area contributed by atoms with E-state index in [2.05, 4.69) is 75.8 Å². The van der Waals surface area contributed by atoms with Crippen molar-refractivity contribution in [2.24, 2.45) is 5.73 Å². The number of primary amides is 1. The summed E-state index contributed by atoms with van der Waals surface area (Å²) in [7, 11) is 0. The Kier molecular flexibility index (Phi) is 6.68. The summed E-state index contributed by atoms with van der Waals surface area (Å²) in [6.07, 6.45) is 2.05. The van der Waals surface area contributed by atoms with Crippen LogP contribution >= 0.6 is 0 Å². The maximum absolute atomic E-state index is 11.9. The van der Waals surface area contributed by atoms with Gasteiger partial charge in [0.25, 0.3) is 5.91 Å². The molecule has 1 amide bonds. The van der Waals surface area contributed by atoms with Crippen LogP contribution in [0.5, 0.6) is 0 Å². The van der Waals surface area contributed by atoms with E-state index in [1.807, 2.05) is 31.2 Å². The first-order valence-corrected chi connectivity index (χ1v) is 11.7. The molecule has 1 aliphatic heterocycles. The number of piperidine rings is 1. The Bertz CT molecular complexity index is 1150. The standard InChI is InChI=1S/C26H33N7O/c1-17-7-5-8-20(15-17)29-24-22(23(27)34)31-32-25(30-24)33-14-6-9-21(16-33)28-19-12-10-18(11-13-19)26(2,3)4/h5,7-8,10-13,15,21,28H,6,9,14,16H2,1-4H3,(H2,27,34)(H,29,30,32).